The van der Waals surface area contributed by atoms with Crippen molar-refractivity contribution in [1.29, 1.82) is 0 Å². The van der Waals surface area contributed by atoms with Gasteiger partial charge in [0.05, 0.1) is 5.69 Å². The normalized spacial score (nSPS) is 16.7. The van der Waals surface area contributed by atoms with Crippen molar-refractivity contribution in [2.45, 2.75) is 38.9 Å². The maximum Gasteiger partial charge on any atom is 0.586 e. The highest BCUT2D eigenvalue weighted by Crippen LogP contribution is 2.45. The molecule has 2 aromatic carbocycles. The van der Waals surface area contributed by atoms with E-state index in [1.54, 1.807) is 12.1 Å². The van der Waals surface area contributed by atoms with Gasteiger partial charge < -0.3 is 14.8 Å². The summed E-state index contributed by atoms with van der Waals surface area (Å²) < 4.78 is 35.1. The summed E-state index contributed by atoms with van der Waals surface area (Å²) in [4.78, 5) is 16.8. The van der Waals surface area contributed by atoms with Gasteiger partial charge in [-0.05, 0) is 34.7 Å². The smallest absolute Gasteiger partial charge is 0.395 e. The number of amidine groups is 1. The summed E-state index contributed by atoms with van der Waals surface area (Å²) >= 11 is 0. The third-order valence-corrected chi connectivity index (χ3v) is 4.49. The molecule has 0 radical (unpaired) electrons. The zero-order valence-electron chi connectivity index (χ0n) is 15.1. The van der Waals surface area contributed by atoms with Crippen LogP contribution in [0.4, 0.5) is 14.5 Å². The van der Waals surface area contributed by atoms with Gasteiger partial charge in [0, 0.05) is 18.1 Å². The van der Waals surface area contributed by atoms with Crippen LogP contribution in [0.3, 0.4) is 0 Å². The number of nitrogens with one attached hydrogen (secondary N) is 1. The Hall–Kier alpha value is -2.96. The largest absolute Gasteiger partial charge is 0.586 e. The second-order valence-corrected chi connectivity index (χ2v) is 7.61. The fraction of sp³-hybridized carbons (Fsp3) is 0.300. The maximum atomic E-state index is 13.1. The van der Waals surface area contributed by atoms with Gasteiger partial charge in [0.25, 0.3) is 5.91 Å². The molecular weight excluding hydrogens is 354 g/mol. The van der Waals surface area contributed by atoms with Gasteiger partial charge in [0.15, 0.2) is 11.5 Å². The molecule has 7 heteroatoms. The number of halogens is 2. The van der Waals surface area contributed by atoms with E-state index >= 15 is 0 Å². The van der Waals surface area contributed by atoms with Crippen LogP contribution in [0.15, 0.2) is 41.4 Å². The van der Waals surface area contributed by atoms with Crippen LogP contribution in [-0.4, -0.2) is 18.0 Å². The van der Waals surface area contributed by atoms with Crippen LogP contribution in [-0.2, 0) is 11.8 Å². The number of aliphatic imine (C=N–C) groups is 1. The minimum absolute atomic E-state index is 0.00747. The van der Waals surface area contributed by atoms with Gasteiger partial charge in [0.2, 0.25) is 0 Å². The average Bonchev–Trinajstić information content (AvgIpc) is 3.08. The van der Waals surface area contributed by atoms with E-state index in [2.05, 4.69) is 40.6 Å². The number of amides is 1. The highest BCUT2D eigenvalue weighted by molar-refractivity contribution is 6.09. The molecular formula is C20H18F2N2O3. The molecule has 0 fully saturated rings. The van der Waals surface area contributed by atoms with Gasteiger partial charge in [-0.15, -0.1) is 8.78 Å². The topological polar surface area (TPSA) is 59.9 Å². The first-order valence-electron chi connectivity index (χ1n) is 8.53. The van der Waals surface area contributed by atoms with E-state index in [1.807, 2.05) is 12.1 Å². The lowest BCUT2D eigenvalue weighted by Gasteiger charge is -2.19. The first-order chi connectivity index (χ1) is 12.6. The molecule has 2 aliphatic rings. The molecule has 0 bridgehead atoms. The van der Waals surface area contributed by atoms with E-state index in [9.17, 15) is 13.6 Å². The lowest BCUT2D eigenvalue weighted by molar-refractivity contribution is -0.286. The van der Waals surface area contributed by atoms with E-state index in [4.69, 9.17) is 0 Å². The summed E-state index contributed by atoms with van der Waals surface area (Å²) in [6, 6.07) is 10.3. The standard InChI is InChI=1S/C20H18F2N2O3/c1-19(2,3)13-6-4-11(5-7-13)18(25)24-17-9-12-8-15-16(10-14(12)23-17)27-20(21,22)26-15/h4-8,10H,9H2,1-3H3,(H,23,24,25). The Balaban J connectivity index is 1.48. The van der Waals surface area contributed by atoms with E-state index in [1.165, 1.54) is 12.1 Å². The SMILES string of the molecule is CC(C)(C)c1ccc(C(=O)NC2=Nc3cc4c(cc3C2)OC(F)(F)O4)cc1. The highest BCUT2D eigenvalue weighted by Gasteiger charge is 2.44. The number of fused-ring (bicyclic) bond motifs is 2. The molecule has 0 atom stereocenters. The molecule has 0 saturated carbocycles. The lowest BCUT2D eigenvalue weighted by Crippen LogP contribution is -2.30. The minimum atomic E-state index is -3.66. The molecule has 2 aliphatic heterocycles. The third-order valence-electron chi connectivity index (χ3n) is 4.49. The Kier molecular flexibility index (Phi) is 3.73. The molecule has 0 aliphatic carbocycles. The summed E-state index contributed by atoms with van der Waals surface area (Å²) in [6.07, 6.45) is -3.33. The van der Waals surface area contributed by atoms with Crippen molar-refractivity contribution >= 4 is 17.4 Å². The summed E-state index contributed by atoms with van der Waals surface area (Å²) in [7, 11) is 0. The molecule has 0 aromatic heterocycles. The Morgan fingerprint density at radius 3 is 2.37 bits per heavy atom. The van der Waals surface area contributed by atoms with Gasteiger partial charge in [-0.3, -0.25) is 4.79 Å². The Morgan fingerprint density at radius 1 is 1.11 bits per heavy atom. The predicted molar refractivity (Wildman–Crippen MR) is 96.1 cm³/mol. The second kappa shape index (κ2) is 5.77. The summed E-state index contributed by atoms with van der Waals surface area (Å²) in [5.74, 6) is 0.0889. The molecule has 140 valence electrons. The van der Waals surface area contributed by atoms with Crippen LogP contribution >= 0.6 is 0 Å². The van der Waals surface area contributed by atoms with E-state index in [-0.39, 0.29) is 22.8 Å². The molecule has 2 aromatic rings. The van der Waals surface area contributed by atoms with Crippen LogP contribution in [0.1, 0.15) is 42.3 Å². The zero-order valence-corrected chi connectivity index (χ0v) is 15.1. The van der Waals surface area contributed by atoms with Crippen LogP contribution in [0.5, 0.6) is 11.5 Å². The van der Waals surface area contributed by atoms with E-state index in [0.717, 1.165) is 5.56 Å². The highest BCUT2D eigenvalue weighted by atomic mass is 19.3. The number of benzene rings is 2. The van der Waals surface area contributed by atoms with Crippen molar-refractivity contribution in [3.05, 3.63) is 53.1 Å². The molecule has 1 N–H and O–H groups in total. The summed E-state index contributed by atoms with van der Waals surface area (Å²) in [6.45, 7) is 6.31. The first-order valence-corrected chi connectivity index (χ1v) is 8.53. The Labute approximate surface area is 155 Å². The molecule has 0 unspecified atom stereocenters. The average molecular weight is 372 g/mol. The summed E-state index contributed by atoms with van der Waals surface area (Å²) in [5, 5.41) is 2.77. The van der Waals surface area contributed by atoms with Gasteiger partial charge in [-0.2, -0.15) is 0 Å². The van der Waals surface area contributed by atoms with Crippen molar-refractivity contribution < 1.29 is 23.0 Å². The van der Waals surface area contributed by atoms with E-state index in [0.29, 0.717) is 29.1 Å². The predicted octanol–water partition coefficient (Wildman–Crippen LogP) is 4.32. The molecule has 0 spiro atoms. The summed E-state index contributed by atoms with van der Waals surface area (Å²) in [5.41, 5.74) is 2.83. The monoisotopic (exact) mass is 372 g/mol. The number of hydrogen-bond donors (Lipinski definition) is 1. The number of ether oxygens (including phenoxy) is 2. The van der Waals surface area contributed by atoms with Crippen LogP contribution in [0.2, 0.25) is 0 Å². The fourth-order valence-corrected chi connectivity index (χ4v) is 3.04. The number of nitrogens with zero attached hydrogens (tertiary/aromatic N) is 1. The quantitative estimate of drug-likeness (QED) is 0.811. The minimum Gasteiger partial charge on any atom is -0.395 e. The van der Waals surface area contributed by atoms with Crippen molar-refractivity contribution in [2.75, 3.05) is 0 Å². The molecule has 1 amide bonds. The number of alkyl halides is 2. The first kappa shape index (κ1) is 17.5. The van der Waals surface area contributed by atoms with Gasteiger partial charge in [-0.1, -0.05) is 32.9 Å². The Morgan fingerprint density at radius 2 is 1.74 bits per heavy atom. The molecule has 27 heavy (non-hydrogen) atoms. The number of carbonyl (C=O) groups excluding carboxylic acids is 1. The Bertz CT molecular complexity index is 960. The van der Waals surface area contributed by atoms with Crippen LogP contribution in [0, 0.1) is 0 Å². The van der Waals surface area contributed by atoms with Crippen molar-refractivity contribution in [1.82, 2.24) is 5.32 Å². The van der Waals surface area contributed by atoms with Gasteiger partial charge in [0.1, 0.15) is 5.84 Å². The maximum absolute atomic E-state index is 13.1. The fourth-order valence-electron chi connectivity index (χ4n) is 3.04. The van der Waals surface area contributed by atoms with Crippen LogP contribution < -0.4 is 14.8 Å². The number of carbonyl (C=O) groups is 1. The van der Waals surface area contributed by atoms with Crippen molar-refractivity contribution in [3.8, 4) is 11.5 Å². The molecule has 4 rings (SSSR count). The molecule has 5 nitrogen and oxygen atoms in total. The van der Waals surface area contributed by atoms with Gasteiger partial charge in [-0.25, -0.2) is 4.99 Å². The van der Waals surface area contributed by atoms with E-state index < -0.39 is 6.29 Å². The van der Waals surface area contributed by atoms with Gasteiger partial charge >= 0.3 is 6.29 Å². The van der Waals surface area contributed by atoms with Crippen LogP contribution in [0.25, 0.3) is 0 Å². The molecule has 0 saturated heterocycles. The molecule has 2 heterocycles. The van der Waals surface area contributed by atoms with Crippen molar-refractivity contribution in [2.24, 2.45) is 4.99 Å². The third kappa shape index (κ3) is 3.37. The van der Waals surface area contributed by atoms with Crippen molar-refractivity contribution in [3.63, 3.8) is 0 Å². The number of hydrogen-bond acceptors (Lipinski definition) is 4. The second-order valence-electron chi connectivity index (χ2n) is 7.61. The lowest BCUT2D eigenvalue weighted by atomic mass is 9.87. The number of rotatable bonds is 1. The zero-order chi connectivity index (χ0) is 19.4.